The quantitative estimate of drug-likeness (QED) is 0.0383. The molecule has 0 aromatic heterocycles. The van der Waals surface area contributed by atoms with Crippen molar-refractivity contribution >= 4 is 43.5 Å². The fourth-order valence-electron chi connectivity index (χ4n) is 18.7. The second kappa shape index (κ2) is 38.4. The Kier molecular flexibility index (Phi) is 29.6. The molecule has 2 N–H and O–H groups in total. The summed E-state index contributed by atoms with van der Waals surface area (Å²) in [4.78, 5) is 56.0. The zero-order chi connectivity index (χ0) is 92.1. The molecule has 12 heterocycles. The predicted octanol–water partition coefficient (Wildman–Crippen LogP) is 6.99. The van der Waals surface area contributed by atoms with Crippen molar-refractivity contribution in [2.45, 2.75) is 315 Å². The molecule has 0 unspecified atom stereocenters. The first kappa shape index (κ1) is 98.6. The number of benzene rings is 2. The van der Waals surface area contributed by atoms with Gasteiger partial charge in [-0.25, -0.2) is 26.4 Å². The molecule has 14 rings (SSSR count). The molecule has 0 spiro atoms. The fourth-order valence-corrected chi connectivity index (χ4v) is 22.0. The molecule has 128 heavy (non-hydrogen) atoms. The van der Waals surface area contributed by atoms with Crippen molar-refractivity contribution < 1.29 is 150 Å². The first-order valence-corrected chi connectivity index (χ1v) is 47.3. The average molecular weight is 1860 g/mol. The zero-order valence-corrected chi connectivity index (χ0v) is 77.8. The summed E-state index contributed by atoms with van der Waals surface area (Å²) in [5.74, 6) is -13.8. The van der Waals surface area contributed by atoms with Gasteiger partial charge in [-0.1, -0.05) is 24.3 Å². The van der Waals surface area contributed by atoms with Gasteiger partial charge in [-0.15, -0.1) is 0 Å². The number of rotatable bonds is 43. The van der Waals surface area contributed by atoms with E-state index >= 15 is 26.4 Å². The molecule has 42 nitrogen and oxygen atoms in total. The molecule has 0 saturated carbocycles. The van der Waals surface area contributed by atoms with Crippen molar-refractivity contribution in [3.05, 3.63) is 68.8 Å². The van der Waals surface area contributed by atoms with E-state index in [9.17, 15) is 20.2 Å². The summed E-state index contributed by atoms with van der Waals surface area (Å²) in [6, 6.07) is 8.57. The largest absolute Gasteiger partial charge is 0.348 e. The number of amides is 4. The number of ether oxygens (including phenoxy) is 24. The van der Waals surface area contributed by atoms with Crippen LogP contribution in [0.3, 0.4) is 0 Å². The van der Waals surface area contributed by atoms with Crippen LogP contribution in [0.15, 0.2) is 58.3 Å². The molecule has 12 aliphatic rings. The highest BCUT2D eigenvalue weighted by Gasteiger charge is 2.70. The molecule has 44 heteroatoms. The van der Waals surface area contributed by atoms with E-state index in [2.05, 4.69) is 10.6 Å². The molecule has 4 amide bonds. The van der Waals surface area contributed by atoms with E-state index in [0.717, 1.165) is 32.9 Å². The molecule has 12 fully saturated rings. The number of fused-ring (bicyclic) bond motifs is 4. The Hall–Kier alpha value is -5.36. The molecule has 2 aromatic carbocycles. The van der Waals surface area contributed by atoms with Crippen LogP contribution in [0.1, 0.15) is 162 Å². The Morgan fingerprint density at radius 3 is 0.852 bits per heavy atom. The number of urea groups is 2. The molecular formula is C84H130N8O34S2. The average Bonchev–Trinajstić information content (AvgIpc) is 1.59. The van der Waals surface area contributed by atoms with E-state index in [1.165, 1.54) is 34.1 Å². The normalized spacial score (nSPS) is 33.5. The van der Waals surface area contributed by atoms with Crippen molar-refractivity contribution in [3.8, 4) is 0 Å². The molecule has 12 saturated heterocycles. The van der Waals surface area contributed by atoms with Gasteiger partial charge >= 0.3 is 12.1 Å². The van der Waals surface area contributed by atoms with Crippen molar-refractivity contribution in [1.29, 1.82) is 0 Å². The van der Waals surface area contributed by atoms with Crippen LogP contribution in [-0.2, 0) is 134 Å². The predicted molar refractivity (Wildman–Crippen MR) is 444 cm³/mol. The lowest BCUT2D eigenvalue weighted by Gasteiger charge is -2.38. The number of unbranched alkanes of at least 4 members (excludes halogenated alkanes) is 4. The lowest BCUT2D eigenvalue weighted by molar-refractivity contribution is -0.388. The van der Waals surface area contributed by atoms with Crippen LogP contribution in [0.25, 0.3) is 0 Å². The summed E-state index contributed by atoms with van der Waals surface area (Å²) in [5.41, 5.74) is -1.33. The highest BCUT2D eigenvalue weighted by Crippen LogP contribution is 2.52. The van der Waals surface area contributed by atoms with Gasteiger partial charge in [0.1, 0.15) is 73.2 Å². The van der Waals surface area contributed by atoms with Gasteiger partial charge in [0.25, 0.3) is 11.4 Å². The summed E-state index contributed by atoms with van der Waals surface area (Å²) >= 11 is 0. The van der Waals surface area contributed by atoms with Crippen LogP contribution >= 0.6 is 0 Å². The van der Waals surface area contributed by atoms with Crippen LogP contribution in [-0.4, -0.2) is 345 Å². The van der Waals surface area contributed by atoms with Gasteiger partial charge in [-0.2, -0.15) is 8.61 Å². The van der Waals surface area contributed by atoms with Gasteiger partial charge < -0.3 is 134 Å². The van der Waals surface area contributed by atoms with Gasteiger partial charge in [0.15, 0.2) is 56.1 Å². The van der Waals surface area contributed by atoms with Crippen LogP contribution in [0.2, 0.25) is 0 Å². The minimum absolute atomic E-state index is 0.00345. The van der Waals surface area contributed by atoms with Crippen LogP contribution < -0.4 is 10.6 Å². The van der Waals surface area contributed by atoms with Crippen molar-refractivity contribution in [3.63, 3.8) is 0 Å². The smallest absolute Gasteiger partial charge is 0.317 e. The minimum Gasteiger partial charge on any atom is -0.348 e. The third kappa shape index (κ3) is 21.8. The summed E-state index contributed by atoms with van der Waals surface area (Å²) in [5, 5.41) is 31.0. The maximum Gasteiger partial charge on any atom is 0.317 e. The van der Waals surface area contributed by atoms with E-state index < -0.39 is 206 Å². The van der Waals surface area contributed by atoms with E-state index in [0.29, 0.717) is 12.8 Å². The summed E-state index contributed by atoms with van der Waals surface area (Å²) < 4.78 is 214. The third-order valence-corrected chi connectivity index (χ3v) is 28.3. The highest BCUT2D eigenvalue weighted by molar-refractivity contribution is 7.89. The topological polar surface area (TPSA) is 447 Å². The van der Waals surface area contributed by atoms with Crippen molar-refractivity contribution in [2.75, 3.05) is 145 Å². The van der Waals surface area contributed by atoms with Crippen LogP contribution in [0, 0.1) is 20.2 Å². The second-order valence-corrected chi connectivity index (χ2v) is 41.5. The van der Waals surface area contributed by atoms with Crippen molar-refractivity contribution in [2.24, 2.45) is 0 Å². The van der Waals surface area contributed by atoms with E-state index in [-0.39, 0.29) is 183 Å². The zero-order valence-electron chi connectivity index (χ0n) is 76.1. The highest BCUT2D eigenvalue weighted by atomic mass is 32.2. The lowest BCUT2D eigenvalue weighted by Crippen LogP contribution is -2.56. The number of sulfonamides is 2. The molecule has 0 aliphatic carbocycles. The van der Waals surface area contributed by atoms with E-state index in [1.807, 2.05) is 0 Å². The standard InChI is InChI=1S/C84H130N8O34S2/c1-73(2)107-51-63(119-73)81(67-57(47-111-81)115-77(9,10)123-67)103-43-25-21-35-87(71(93)85-33-39-89(127(99,100)61-31-19-17-29-55(61)91(95)96)37-23-27-45-105-83(65-53-109-75(5,6)121-65)69-59(49-113-83)117-79(13,14)125-69)41-42-88(36-22-26-44-104-82(64-52-108-74(3,4)120-64)68-58(48-112-82)116-78(11,12)124-68)72(94)86-34-40-90(128(101,102)62-32-20-18-30-56(62)92(97)98)38-24-28-46-106-84(66-54-110-76(7,8)122-66)70-60(50-114-84)118-80(15,16)126-70/h17-20,29-32,57-60,63-70H,21-28,33-54H2,1-16H3,(H,85,93)(H,86,94)/t57-,58-,59-,60-,63-,64-,65-,66-,67-,68-,69-,70-,81-,82-,83-,84-/m1/s1. The van der Waals surface area contributed by atoms with Gasteiger partial charge in [0, 0.05) is 77.6 Å². The Balaban J connectivity index is 0.706. The van der Waals surface area contributed by atoms with Gasteiger partial charge in [-0.3, -0.25) is 20.2 Å². The second-order valence-electron chi connectivity index (χ2n) is 37.7. The Bertz CT molecular complexity index is 4180. The molecule has 0 radical (unpaired) electrons. The van der Waals surface area contributed by atoms with Gasteiger partial charge in [0.05, 0.1) is 89.1 Å². The first-order chi connectivity index (χ1) is 60.1. The number of nitro benzene ring substituents is 2. The summed E-state index contributed by atoms with van der Waals surface area (Å²) in [6.07, 6.45) is -6.02. The number of hydrogen-bond acceptors (Lipinski definition) is 34. The Morgan fingerprint density at radius 2 is 0.602 bits per heavy atom. The summed E-state index contributed by atoms with van der Waals surface area (Å²) in [7, 11) is -9.40. The maximum absolute atomic E-state index is 15.3. The lowest BCUT2D eigenvalue weighted by atomic mass is 10.0. The monoisotopic (exact) mass is 1860 g/mol. The minimum atomic E-state index is -4.70. The maximum atomic E-state index is 15.3. The van der Waals surface area contributed by atoms with Gasteiger partial charge in [0.2, 0.25) is 43.2 Å². The van der Waals surface area contributed by atoms with E-state index in [4.69, 9.17) is 114 Å². The molecule has 16 atom stereocenters. The molecule has 2 aromatic rings. The number of nitrogens with zero attached hydrogens (tertiary/aromatic N) is 6. The molecular weight excluding hydrogens is 1730 g/mol. The SMILES string of the molecule is CC1(C)O[C@@H]2[C@@H](CO[C@]2(OCCCCN(CCN(CCCCO[C@]2([C@H]3COC(C)(C)O3)OC[C@H]3OC(C)(C)O[C@H]32)C(=O)NCCN(CCCCO[C@]2([C@H]3COC(C)(C)O3)OC[C@H]3OC(C)(C)O[C@H]32)S(=O)(=O)c2ccccc2[N+](=O)[O-])C(=O)NCCN(CCCCO[C@]2([C@H]3COC(C)(C)O3)OC[C@H]3OC(C)(C)O[C@H]32)S(=O)(=O)c2ccccc2[N+](=O)[O-])[C@H]2COC(C)(C)O2)O1. The fraction of sp³-hybridized carbons (Fsp3) is 0.833. The number of para-hydroxylation sites is 2. The molecule has 12 aliphatic heterocycles. The number of nitrogens with one attached hydrogen (secondary N) is 2. The molecule has 722 valence electrons. The van der Waals surface area contributed by atoms with Crippen LogP contribution in [0.4, 0.5) is 21.0 Å². The molecule has 0 bridgehead atoms. The number of hydrogen-bond donors (Lipinski definition) is 2. The third-order valence-electron chi connectivity index (χ3n) is 24.5. The first-order valence-electron chi connectivity index (χ1n) is 44.5. The number of carbonyl (C=O) groups is 2. The number of carbonyl (C=O) groups excluding carboxylic acids is 2. The van der Waals surface area contributed by atoms with Crippen LogP contribution in [0.5, 0.6) is 0 Å². The Morgan fingerprint density at radius 1 is 0.344 bits per heavy atom. The van der Waals surface area contributed by atoms with Gasteiger partial charge in [-0.05, 0) is 174 Å². The van der Waals surface area contributed by atoms with Crippen molar-refractivity contribution in [1.82, 2.24) is 29.0 Å². The Labute approximate surface area is 747 Å². The number of nitro groups is 2. The summed E-state index contributed by atoms with van der Waals surface area (Å²) in [6.45, 7) is 27.4. The van der Waals surface area contributed by atoms with E-state index in [1.54, 1.807) is 111 Å².